The van der Waals surface area contributed by atoms with Gasteiger partial charge in [-0.15, -0.1) is 13.2 Å². The van der Waals surface area contributed by atoms with Crippen LogP contribution in [0.25, 0.3) is 0 Å². The SMILES string of the molecule is C1CCOC1.C=CCN1C[C@@H](N(Cc2ccccc2C)c2ccc(C#N)c(Cl)c2)CC1=O.C=CCN1C[C@@H](Nc2ccc(C#N)c(Cl)c2)CC1=O.Cc1ccccc1CBr.Cc1ccccc1CN(c1ccc(C#N)c(Cl)c1)[C@H]1CC(=O)N(CC(O)CO)C1.Cc1ccccc1CN(c1ccc(C#N)c(Cl)c1)[C@H]1CC(=O)N(CC=O)C1.Cc1ccccc1CN(c1ccc(C#N)c(Cl)c1)[C@H]1CC(=O)N(CCO)C1.[B].[H-].[Na+]. The fourth-order valence-corrected chi connectivity index (χ4v) is 19.1. The minimum atomic E-state index is -0.952. The quantitative estimate of drug-likeness (QED) is 0.0141. The molecule has 0 aromatic heterocycles. The Morgan fingerprint density at radius 3 is 1.00 bits per heavy atom. The molecule has 6 saturated heterocycles. The molecule has 0 spiro atoms. The summed E-state index contributed by atoms with van der Waals surface area (Å²) in [6.07, 6.45) is 7.80. The zero-order chi connectivity index (χ0) is 103. The number of rotatable bonds is 30. The van der Waals surface area contributed by atoms with Gasteiger partial charge < -0.3 is 75.7 Å². The summed E-state index contributed by atoms with van der Waals surface area (Å²) in [4.78, 5) is 89.1. The molecule has 16 rings (SSSR count). The number of alkyl halides is 1. The third kappa shape index (κ3) is 34.3. The number of aldehydes is 1. The van der Waals surface area contributed by atoms with Gasteiger partial charge in [-0.25, -0.2) is 0 Å². The van der Waals surface area contributed by atoms with Crippen molar-refractivity contribution in [3.63, 3.8) is 0 Å². The molecule has 749 valence electrons. The molecular weight excluding hydrogens is 2010 g/mol. The summed E-state index contributed by atoms with van der Waals surface area (Å²) >= 11 is 34.4. The minimum Gasteiger partial charge on any atom is -1.00 e. The molecule has 145 heavy (non-hydrogen) atoms. The first kappa shape index (κ1) is 118. The summed E-state index contributed by atoms with van der Waals surface area (Å²) in [6, 6.07) is 77.8. The van der Waals surface area contributed by atoms with Crippen molar-refractivity contribution in [1.82, 2.24) is 24.5 Å². The summed E-state index contributed by atoms with van der Waals surface area (Å²) in [6.45, 7) is 26.3. The fourth-order valence-electron chi connectivity index (χ4n) is 17.4. The van der Waals surface area contributed by atoms with Crippen LogP contribution in [0.15, 0.2) is 238 Å². The van der Waals surface area contributed by atoms with Gasteiger partial charge in [0, 0.05) is 173 Å². The number of ether oxygens (including phenoxy) is 1. The summed E-state index contributed by atoms with van der Waals surface area (Å²) in [7, 11) is 0. The Bertz CT molecular complexity index is 6180. The van der Waals surface area contributed by atoms with Gasteiger partial charge in [-0.1, -0.05) is 207 Å². The van der Waals surface area contributed by atoms with Crippen LogP contribution in [0.3, 0.4) is 0 Å². The molecule has 6 aliphatic heterocycles. The van der Waals surface area contributed by atoms with Crippen molar-refractivity contribution in [3.05, 3.63) is 346 Å². The number of likely N-dealkylation sites (tertiary alicyclic amines) is 5. The molecule has 10 aromatic rings. The number of β-amino-alcohol motifs (C(OH)–C–C–N with tert-alkyl or cyclic N) is 2. The van der Waals surface area contributed by atoms with Crippen LogP contribution >= 0.6 is 73.9 Å². The van der Waals surface area contributed by atoms with Crippen LogP contribution in [0.4, 0.5) is 28.4 Å². The third-order valence-electron chi connectivity index (χ3n) is 25.5. The molecule has 6 heterocycles. The maximum absolute atomic E-state index is 12.5. The maximum Gasteiger partial charge on any atom is 1.00 e. The Balaban J connectivity index is 0.000000238. The van der Waals surface area contributed by atoms with Crippen LogP contribution in [-0.2, 0) is 65.0 Å². The van der Waals surface area contributed by atoms with Crippen molar-refractivity contribution in [2.24, 2.45) is 0 Å². The minimum absolute atomic E-state index is 0. The van der Waals surface area contributed by atoms with Crippen LogP contribution in [0, 0.1) is 91.3 Å². The molecule has 10 aromatic carbocycles. The number of nitrogens with one attached hydrogen (secondary N) is 1. The molecular formula is C112H120BBrCl5N15NaO10. The molecule has 5 amide bonds. The van der Waals surface area contributed by atoms with Gasteiger partial charge >= 0.3 is 29.6 Å². The average molecular weight is 2130 g/mol. The van der Waals surface area contributed by atoms with E-state index in [1.165, 1.54) is 46.2 Å². The smallest absolute Gasteiger partial charge is 1.00 e. The molecule has 0 bridgehead atoms. The number of benzene rings is 10. The van der Waals surface area contributed by atoms with E-state index in [0.717, 1.165) is 75.5 Å². The Kier molecular flexibility index (Phi) is 49.1. The number of carbonyl (C=O) groups excluding carboxylic acids is 6. The first-order chi connectivity index (χ1) is 69.0. The van der Waals surface area contributed by atoms with E-state index in [0.29, 0.717) is 164 Å². The van der Waals surface area contributed by atoms with E-state index in [-0.39, 0.29) is 125 Å². The van der Waals surface area contributed by atoms with E-state index < -0.39 is 6.10 Å². The van der Waals surface area contributed by atoms with Crippen molar-refractivity contribution in [1.29, 1.82) is 26.3 Å². The monoisotopic (exact) mass is 2120 g/mol. The second-order valence-electron chi connectivity index (χ2n) is 35.3. The van der Waals surface area contributed by atoms with Crippen molar-refractivity contribution in [2.75, 3.05) is 117 Å². The Morgan fingerprint density at radius 1 is 0.428 bits per heavy atom. The molecule has 6 atom stereocenters. The molecule has 4 N–H and O–H groups in total. The molecule has 6 fully saturated rings. The van der Waals surface area contributed by atoms with Gasteiger partial charge in [0.1, 0.15) is 36.6 Å². The number of nitrogens with zero attached hydrogens (tertiary/aromatic N) is 14. The number of hydrogen-bond acceptors (Lipinski definition) is 20. The van der Waals surface area contributed by atoms with Crippen molar-refractivity contribution < 1.29 is 79.8 Å². The topological polar surface area (TPSA) is 332 Å². The second kappa shape index (κ2) is 60.2. The van der Waals surface area contributed by atoms with Gasteiger partial charge in [0.25, 0.3) is 0 Å². The number of carbonyl (C=O) groups is 6. The zero-order valence-corrected chi connectivity index (χ0v) is 89.9. The van der Waals surface area contributed by atoms with Gasteiger partial charge in [0.05, 0.1) is 109 Å². The molecule has 0 aliphatic carbocycles. The van der Waals surface area contributed by atoms with E-state index in [2.05, 4.69) is 173 Å². The molecule has 1 unspecified atom stereocenters. The fraction of sp³-hybridized carbons (Fsp3) is 0.330. The molecule has 33 heteroatoms. The van der Waals surface area contributed by atoms with E-state index in [1.54, 1.807) is 92.4 Å². The Morgan fingerprint density at radius 2 is 0.717 bits per heavy atom. The van der Waals surface area contributed by atoms with Crippen molar-refractivity contribution in [3.8, 4) is 30.3 Å². The first-order valence-corrected chi connectivity index (χ1v) is 50.1. The maximum atomic E-state index is 12.5. The number of hydrogen-bond donors (Lipinski definition) is 4. The van der Waals surface area contributed by atoms with E-state index in [9.17, 15) is 39.0 Å². The number of aliphatic hydroxyl groups is 3. The number of amides is 5. The summed E-state index contributed by atoms with van der Waals surface area (Å²) in [5.74, 6) is 0.216. The Hall–Kier alpha value is -12.0. The van der Waals surface area contributed by atoms with Crippen LogP contribution in [0.2, 0.25) is 25.1 Å². The number of nitriles is 5. The van der Waals surface area contributed by atoms with Gasteiger partial charge in [-0.2, -0.15) is 26.3 Å². The van der Waals surface area contributed by atoms with Gasteiger partial charge in [-0.3, -0.25) is 24.0 Å². The van der Waals surface area contributed by atoms with Crippen LogP contribution in [0.5, 0.6) is 0 Å². The normalized spacial score (nSPS) is 16.4. The summed E-state index contributed by atoms with van der Waals surface area (Å²) in [5.41, 5.74) is 18.5. The molecule has 25 nitrogen and oxygen atoms in total. The van der Waals surface area contributed by atoms with Gasteiger partial charge in [-0.05, 0) is 194 Å². The first-order valence-electron chi connectivity index (χ1n) is 47.1. The van der Waals surface area contributed by atoms with Gasteiger partial charge in [0.15, 0.2) is 0 Å². The van der Waals surface area contributed by atoms with Crippen molar-refractivity contribution in [2.45, 2.75) is 147 Å². The number of aryl methyl sites for hydroxylation is 5. The van der Waals surface area contributed by atoms with E-state index in [1.807, 2.05) is 103 Å². The summed E-state index contributed by atoms with van der Waals surface area (Å²) < 4.78 is 4.94. The molecule has 3 radical (unpaired) electrons. The zero-order valence-electron chi connectivity index (χ0n) is 83.5. The number of aliphatic hydroxyl groups excluding tert-OH is 3. The van der Waals surface area contributed by atoms with Crippen LogP contribution < -0.4 is 54.5 Å². The second-order valence-corrected chi connectivity index (χ2v) is 37.9. The Labute approximate surface area is 910 Å². The van der Waals surface area contributed by atoms with E-state index in [4.69, 9.17) is 94.2 Å². The van der Waals surface area contributed by atoms with E-state index >= 15 is 0 Å². The number of anilines is 5. The predicted molar refractivity (Wildman–Crippen MR) is 576 cm³/mol. The van der Waals surface area contributed by atoms with Crippen LogP contribution in [-0.4, -0.2) is 212 Å². The molecule has 6 aliphatic rings. The van der Waals surface area contributed by atoms with Crippen LogP contribution in [0.1, 0.15) is 130 Å². The third-order valence-corrected chi connectivity index (χ3v) is 27.6. The predicted octanol–water partition coefficient (Wildman–Crippen LogP) is 16.1. The van der Waals surface area contributed by atoms with Crippen molar-refractivity contribution >= 4 is 147 Å². The van der Waals surface area contributed by atoms with Gasteiger partial charge in [0.2, 0.25) is 29.5 Å². The molecule has 0 saturated carbocycles. The average Bonchev–Trinajstić information content (AvgIpc) is 1.68. The standard InChI is InChI=1S/C22H24ClN3O3.C22H22ClN3O.C21H22ClN3O2.C21H20ClN3O2.C14H14ClN3O.C8H9Br.C4H8O.B.Na.H/c1-15-4-2-3-5-17(15)11-26(18-7-6-16(10-24)21(23)8-18)19-9-22(29)25(12-19)13-20(28)14-27;1-3-10-25-15-20(12-22(25)27)26(14-18-7-5-4-6-16(18)2)19-9-8-17(13-24)21(23)11-19;2*1-15-4-2-3-5-17(15)13-25(18-7-6-16(12-23)20(22)10-18)19-11-21(27)24(14-19)8-9-26;1-2-5-18-9-12(7-14(18)19)17-11-4-3-10(8-16)13(15)6-11;1-7-4-2-3-5-8(7)6-9;1-2-4-5-3-1;;;/h2-8,19-20,27-28H,9,11-14H2,1H3;3-9,11,20H,1,10,12,14-15H2,2H3;2-7,10,19,26H,8-9,11,13-14H2,1H3;2-7,9-10,19H,8,11,13-14H2,1H3;2-4,6,12,17H,1,5,7,9H2;2-5H,6H2,1H3;1-4H2;;;/q;;;;;;;;+1;-1/t19-,20?;20-;2*19-;12-;;;;;/m00000...../s1. The largest absolute Gasteiger partial charge is 1.00 e. The summed E-state index contributed by atoms with van der Waals surface area (Å²) in [5, 5.41) is 79.6. The number of halogens is 6.